The number of hydroxylamine groups is 2. The maximum Gasteiger partial charge on any atom is 0.493 e. The Morgan fingerprint density at radius 3 is 2.49 bits per heavy atom. The zero-order valence-electron chi connectivity index (χ0n) is 20.2. The lowest BCUT2D eigenvalue weighted by molar-refractivity contribution is -0.229. The van der Waals surface area contributed by atoms with Crippen LogP contribution in [0.2, 0.25) is 0 Å². The molecule has 0 spiro atoms. The van der Waals surface area contributed by atoms with Crippen molar-refractivity contribution in [2.45, 2.75) is 25.6 Å². The summed E-state index contributed by atoms with van der Waals surface area (Å²) in [4.78, 5) is 31.6. The first-order valence-electron chi connectivity index (χ1n) is 11.9. The van der Waals surface area contributed by atoms with Gasteiger partial charge in [0.05, 0.1) is 19.2 Å². The average Bonchev–Trinajstić information content (AvgIpc) is 3.70. The minimum absolute atomic E-state index is 0.0288. The second kappa shape index (κ2) is 11.2. The largest absolute Gasteiger partial charge is 0.494 e. The zero-order valence-corrected chi connectivity index (χ0v) is 20.2. The molecule has 4 rings (SSSR count). The van der Waals surface area contributed by atoms with Crippen LogP contribution in [0, 0.1) is 11.7 Å². The molecule has 0 aromatic heterocycles. The third-order valence-corrected chi connectivity index (χ3v) is 6.17. The van der Waals surface area contributed by atoms with E-state index in [1.54, 1.807) is 18.2 Å². The number of amides is 1. The number of ether oxygens (including phenoxy) is 1. The van der Waals surface area contributed by atoms with Crippen molar-refractivity contribution in [3.8, 4) is 5.75 Å². The first-order chi connectivity index (χ1) is 17.7. The Hall–Kier alpha value is -3.54. The number of nitrogens with zero attached hydrogens (tertiary/aromatic N) is 2. The van der Waals surface area contributed by atoms with E-state index in [1.165, 1.54) is 25.3 Å². The van der Waals surface area contributed by atoms with Gasteiger partial charge in [0, 0.05) is 44.1 Å². The Bertz CT molecular complexity index is 1130. The maximum atomic E-state index is 14.1. The molecule has 1 aliphatic heterocycles. The lowest BCUT2D eigenvalue weighted by Crippen LogP contribution is -2.45. The van der Waals surface area contributed by atoms with E-state index in [9.17, 15) is 27.2 Å². The number of piperazine rings is 1. The van der Waals surface area contributed by atoms with Crippen molar-refractivity contribution >= 4 is 23.3 Å². The van der Waals surface area contributed by atoms with Gasteiger partial charge in [-0.15, -0.1) is 0 Å². The highest BCUT2D eigenvalue weighted by Gasteiger charge is 2.44. The van der Waals surface area contributed by atoms with Gasteiger partial charge in [-0.1, -0.05) is 6.07 Å². The van der Waals surface area contributed by atoms with Gasteiger partial charge in [-0.05, 0) is 54.7 Å². The molecule has 2 N–H and O–H groups in total. The zero-order chi connectivity index (χ0) is 26.6. The van der Waals surface area contributed by atoms with Gasteiger partial charge in [0.25, 0.3) is 5.91 Å². The molecule has 8 nitrogen and oxygen atoms in total. The molecule has 1 saturated carbocycles. The van der Waals surface area contributed by atoms with E-state index < -0.39 is 23.9 Å². The number of rotatable bonds is 8. The van der Waals surface area contributed by atoms with Gasteiger partial charge in [0.2, 0.25) is 0 Å². The predicted octanol–water partition coefficient (Wildman–Crippen LogP) is 3.73. The molecule has 2 fully saturated rings. The number of alkyl halides is 3. The van der Waals surface area contributed by atoms with E-state index in [1.807, 2.05) is 4.90 Å². The highest BCUT2D eigenvalue weighted by molar-refractivity contribution is 6.01. The minimum Gasteiger partial charge on any atom is -0.494 e. The number of hydrogen-bond acceptors (Lipinski definition) is 7. The van der Waals surface area contributed by atoms with Gasteiger partial charge in [0.15, 0.2) is 11.6 Å². The molecule has 1 aliphatic carbocycles. The molecule has 1 saturated heterocycles. The Balaban J connectivity index is 1.60. The molecule has 2 aromatic rings. The van der Waals surface area contributed by atoms with E-state index in [4.69, 9.17) is 4.74 Å². The van der Waals surface area contributed by atoms with Crippen LogP contribution in [-0.4, -0.2) is 62.9 Å². The van der Waals surface area contributed by atoms with Crippen molar-refractivity contribution in [2.24, 2.45) is 5.92 Å². The van der Waals surface area contributed by atoms with Crippen LogP contribution in [0.15, 0.2) is 36.4 Å². The SMILES string of the molecule is COc1ccc(CNc2ccc(N3CCNCC3)c(C(=O)N(CC3CC3)OC(=O)C(F)(F)F)c2)cc1F. The van der Waals surface area contributed by atoms with Gasteiger partial charge in [-0.2, -0.15) is 18.2 Å². The van der Waals surface area contributed by atoms with Crippen molar-refractivity contribution in [1.82, 2.24) is 10.4 Å². The number of hydrogen-bond donors (Lipinski definition) is 2. The number of benzene rings is 2. The molecule has 0 bridgehead atoms. The molecule has 0 atom stereocenters. The summed E-state index contributed by atoms with van der Waals surface area (Å²) in [5, 5.41) is 6.85. The van der Waals surface area contributed by atoms with Crippen LogP contribution in [0.1, 0.15) is 28.8 Å². The van der Waals surface area contributed by atoms with Gasteiger partial charge < -0.3 is 25.1 Å². The molecule has 1 amide bonds. The molecule has 2 aliphatic rings. The number of carbonyl (C=O) groups excluding carboxylic acids is 2. The Morgan fingerprint density at radius 2 is 1.86 bits per heavy atom. The molecule has 37 heavy (non-hydrogen) atoms. The van der Waals surface area contributed by atoms with Gasteiger partial charge in [-0.3, -0.25) is 4.79 Å². The van der Waals surface area contributed by atoms with Crippen LogP contribution in [0.4, 0.5) is 28.9 Å². The molecular formula is C25H28F4N4O4. The fourth-order valence-corrected chi connectivity index (χ4v) is 4.01. The summed E-state index contributed by atoms with van der Waals surface area (Å²) in [6.07, 6.45) is -3.77. The van der Waals surface area contributed by atoms with Crippen molar-refractivity contribution in [3.63, 3.8) is 0 Å². The number of carbonyl (C=O) groups is 2. The monoisotopic (exact) mass is 524 g/mol. The summed E-state index contributed by atoms with van der Waals surface area (Å²) in [7, 11) is 1.37. The quantitative estimate of drug-likeness (QED) is 0.402. The fourth-order valence-electron chi connectivity index (χ4n) is 4.01. The summed E-state index contributed by atoms with van der Waals surface area (Å²) in [5.41, 5.74) is 1.73. The average molecular weight is 525 g/mol. The van der Waals surface area contributed by atoms with Crippen LogP contribution in [0.3, 0.4) is 0 Å². The highest BCUT2D eigenvalue weighted by Crippen LogP contribution is 2.33. The summed E-state index contributed by atoms with van der Waals surface area (Å²) in [5.74, 6) is -3.72. The Kier molecular flexibility index (Phi) is 8.06. The maximum absolute atomic E-state index is 14.1. The molecule has 1 heterocycles. The standard InChI is InChI=1S/C25H28F4N4O4/c1-36-22-7-4-17(12-20(22)26)14-31-18-5-6-21(32-10-8-30-9-11-32)19(13-18)23(34)33(15-16-2-3-16)37-24(35)25(27,28)29/h4-7,12-13,16,30-31H,2-3,8-11,14-15H2,1H3. The summed E-state index contributed by atoms with van der Waals surface area (Å²) in [6.45, 7) is 2.62. The molecule has 200 valence electrons. The lowest BCUT2D eigenvalue weighted by Gasteiger charge is -2.32. The van der Waals surface area contributed by atoms with Crippen molar-refractivity contribution in [2.75, 3.05) is 50.1 Å². The molecule has 2 aromatic carbocycles. The smallest absolute Gasteiger partial charge is 0.493 e. The van der Waals surface area contributed by atoms with Crippen LogP contribution >= 0.6 is 0 Å². The summed E-state index contributed by atoms with van der Waals surface area (Å²) < 4.78 is 57.8. The first kappa shape index (κ1) is 26.5. The molecule has 12 heteroatoms. The van der Waals surface area contributed by atoms with Crippen LogP contribution in [0.25, 0.3) is 0 Å². The number of methoxy groups -OCH3 is 1. The van der Waals surface area contributed by atoms with Gasteiger partial charge in [-0.25, -0.2) is 9.18 Å². The van der Waals surface area contributed by atoms with Gasteiger partial charge in [0.1, 0.15) is 0 Å². The first-order valence-corrected chi connectivity index (χ1v) is 11.9. The van der Waals surface area contributed by atoms with Crippen molar-refractivity contribution in [3.05, 3.63) is 53.3 Å². The van der Waals surface area contributed by atoms with E-state index in [0.29, 0.717) is 48.2 Å². The fraction of sp³-hybridized carbons (Fsp3) is 0.440. The van der Waals surface area contributed by atoms with E-state index in [0.717, 1.165) is 12.8 Å². The number of nitrogens with one attached hydrogen (secondary N) is 2. The Morgan fingerprint density at radius 1 is 1.14 bits per heavy atom. The lowest BCUT2D eigenvalue weighted by atomic mass is 10.1. The van der Waals surface area contributed by atoms with E-state index in [-0.39, 0.29) is 30.3 Å². The normalized spacial score (nSPS) is 15.8. The Labute approximate surface area is 211 Å². The molecular weight excluding hydrogens is 496 g/mol. The molecule has 0 radical (unpaired) electrons. The van der Waals surface area contributed by atoms with Crippen LogP contribution < -0.4 is 20.3 Å². The second-order valence-corrected chi connectivity index (χ2v) is 8.98. The molecule has 0 unspecified atom stereocenters. The van der Waals surface area contributed by atoms with Crippen molar-refractivity contribution in [1.29, 1.82) is 0 Å². The summed E-state index contributed by atoms with van der Waals surface area (Å²) in [6, 6.07) is 9.46. The second-order valence-electron chi connectivity index (χ2n) is 8.98. The van der Waals surface area contributed by atoms with Crippen molar-refractivity contribution < 1.29 is 36.7 Å². The number of anilines is 2. The third-order valence-electron chi connectivity index (χ3n) is 6.17. The van der Waals surface area contributed by atoms with Gasteiger partial charge >= 0.3 is 12.1 Å². The third kappa shape index (κ3) is 6.82. The van der Waals surface area contributed by atoms with E-state index >= 15 is 0 Å². The highest BCUT2D eigenvalue weighted by atomic mass is 19.4. The minimum atomic E-state index is -5.24. The van der Waals surface area contributed by atoms with E-state index in [2.05, 4.69) is 15.5 Å². The number of halogens is 4. The van der Waals surface area contributed by atoms with Crippen LogP contribution in [-0.2, 0) is 16.2 Å². The predicted molar refractivity (Wildman–Crippen MR) is 128 cm³/mol. The van der Waals surface area contributed by atoms with Crippen LogP contribution in [0.5, 0.6) is 5.75 Å². The summed E-state index contributed by atoms with van der Waals surface area (Å²) >= 11 is 0. The topological polar surface area (TPSA) is 83.1 Å².